The fourth-order valence-electron chi connectivity index (χ4n) is 3.43. The van der Waals surface area contributed by atoms with Gasteiger partial charge in [0.25, 0.3) is 5.91 Å². The van der Waals surface area contributed by atoms with Crippen LogP contribution >= 0.6 is 0 Å². The number of carbonyl (C=O) groups is 1. The summed E-state index contributed by atoms with van der Waals surface area (Å²) in [5, 5.41) is 11.2. The van der Waals surface area contributed by atoms with E-state index in [9.17, 15) is 9.90 Å². The fraction of sp³-hybridized carbons (Fsp3) is 0.174. The first-order valence-electron chi connectivity index (χ1n) is 8.89. The molecule has 1 aliphatic heterocycles. The molecular weight excluding hydrogens is 354 g/mol. The number of methoxy groups -OCH3 is 1. The molecule has 1 aromatic heterocycles. The highest BCUT2D eigenvalue weighted by Gasteiger charge is 2.61. The number of amides is 1. The van der Waals surface area contributed by atoms with E-state index in [0.717, 1.165) is 11.1 Å². The number of β-lactam (4-membered cyclic amide) rings is 1. The molecule has 2 heterocycles. The van der Waals surface area contributed by atoms with Crippen LogP contribution in [0.3, 0.4) is 0 Å². The lowest BCUT2D eigenvalue weighted by Gasteiger charge is -2.52. The summed E-state index contributed by atoms with van der Waals surface area (Å²) in [6.07, 6.45) is 3.10. The molecule has 2 atom stereocenters. The molecule has 28 heavy (non-hydrogen) atoms. The highest BCUT2D eigenvalue weighted by atomic mass is 16.5. The summed E-state index contributed by atoms with van der Waals surface area (Å²) < 4.78 is 10.4. The van der Waals surface area contributed by atoms with Gasteiger partial charge in [-0.3, -0.25) is 9.69 Å². The van der Waals surface area contributed by atoms with Gasteiger partial charge in [0.1, 0.15) is 11.8 Å². The molecule has 1 aliphatic rings. The summed E-state index contributed by atoms with van der Waals surface area (Å²) in [4.78, 5) is 14.5. The molecule has 5 nitrogen and oxygen atoms in total. The van der Waals surface area contributed by atoms with Crippen LogP contribution in [0.25, 0.3) is 0 Å². The van der Waals surface area contributed by atoms with Gasteiger partial charge < -0.3 is 14.3 Å². The lowest BCUT2D eigenvalue weighted by Crippen LogP contribution is -2.68. The number of anilines is 1. The molecular formula is C23H19NO4. The number of hydrogen-bond donors (Lipinski definition) is 1. The van der Waals surface area contributed by atoms with Gasteiger partial charge in [-0.1, -0.05) is 30.0 Å². The molecule has 1 N–H and O–H groups in total. The summed E-state index contributed by atoms with van der Waals surface area (Å²) in [6, 6.07) is 17.8. The van der Waals surface area contributed by atoms with Gasteiger partial charge >= 0.3 is 0 Å². The number of furan rings is 1. The van der Waals surface area contributed by atoms with Crippen molar-refractivity contribution in [1.82, 2.24) is 0 Å². The minimum Gasteiger partial charge on any atom is -0.497 e. The van der Waals surface area contributed by atoms with Gasteiger partial charge in [-0.05, 0) is 42.5 Å². The average molecular weight is 373 g/mol. The zero-order chi connectivity index (χ0) is 19.6. The van der Waals surface area contributed by atoms with Crippen LogP contribution < -0.4 is 9.64 Å². The summed E-state index contributed by atoms with van der Waals surface area (Å²) >= 11 is 0. The Morgan fingerprint density at radius 1 is 1.14 bits per heavy atom. The number of rotatable bonds is 4. The maximum absolute atomic E-state index is 12.9. The van der Waals surface area contributed by atoms with Crippen molar-refractivity contribution in [3.63, 3.8) is 0 Å². The molecule has 0 saturated carbocycles. The second-order valence-corrected chi connectivity index (χ2v) is 6.60. The molecule has 140 valence electrons. The zero-order valence-electron chi connectivity index (χ0n) is 15.3. The Morgan fingerprint density at radius 3 is 2.54 bits per heavy atom. The van der Waals surface area contributed by atoms with Crippen LogP contribution in [-0.2, 0) is 4.79 Å². The van der Waals surface area contributed by atoms with Crippen molar-refractivity contribution in [2.24, 2.45) is 0 Å². The van der Waals surface area contributed by atoms with Gasteiger partial charge in [0, 0.05) is 23.2 Å². The minimum atomic E-state index is -1.61. The maximum Gasteiger partial charge on any atom is 0.263 e. The van der Waals surface area contributed by atoms with Crippen molar-refractivity contribution >= 4 is 11.6 Å². The van der Waals surface area contributed by atoms with Gasteiger partial charge in [0.2, 0.25) is 0 Å². The standard InChI is InChI=1S/C23H19NO4/c1-27-20-11-9-19(10-12-20)24-21(18-13-15-28-16-18)23(26,22(24)25)14-5-8-17-6-3-2-4-7-17/h2-4,6-7,9-13,15-16,21,26H,14H2,1H3/t21-,23+/m0/s1. The van der Waals surface area contributed by atoms with Crippen molar-refractivity contribution in [3.05, 3.63) is 84.3 Å². The Balaban J connectivity index is 1.63. The third kappa shape index (κ3) is 3.04. The fourth-order valence-corrected chi connectivity index (χ4v) is 3.43. The SMILES string of the molecule is COc1ccc(N2C(=O)[C@@](O)(CC#Cc3ccccc3)[C@@H]2c2ccoc2)cc1. The molecule has 1 saturated heterocycles. The molecule has 1 amide bonds. The van der Waals surface area contributed by atoms with Crippen LogP contribution in [0.15, 0.2) is 77.6 Å². The first-order chi connectivity index (χ1) is 13.6. The van der Waals surface area contributed by atoms with E-state index in [-0.39, 0.29) is 12.3 Å². The third-order valence-electron chi connectivity index (χ3n) is 4.87. The molecule has 1 fully saturated rings. The molecule has 0 aliphatic carbocycles. The Kier molecular flexibility index (Phi) is 4.64. The Hall–Kier alpha value is -3.49. The highest BCUT2D eigenvalue weighted by molar-refractivity contribution is 6.08. The predicted molar refractivity (Wildman–Crippen MR) is 105 cm³/mol. The van der Waals surface area contributed by atoms with Crippen LogP contribution in [0.4, 0.5) is 5.69 Å². The molecule has 0 bridgehead atoms. The molecule has 5 heteroatoms. The number of nitrogens with zero attached hydrogens (tertiary/aromatic N) is 1. The van der Waals surface area contributed by atoms with Crippen LogP contribution in [0.2, 0.25) is 0 Å². The first-order valence-corrected chi connectivity index (χ1v) is 8.89. The van der Waals surface area contributed by atoms with Gasteiger partial charge in [-0.25, -0.2) is 0 Å². The first kappa shape index (κ1) is 17.9. The van der Waals surface area contributed by atoms with Crippen molar-refractivity contribution in [1.29, 1.82) is 0 Å². The van der Waals surface area contributed by atoms with E-state index in [1.807, 2.05) is 30.3 Å². The molecule has 4 rings (SSSR count). The van der Waals surface area contributed by atoms with E-state index in [2.05, 4.69) is 11.8 Å². The van der Waals surface area contributed by atoms with Gasteiger partial charge in [-0.2, -0.15) is 0 Å². The molecule has 0 spiro atoms. The lowest BCUT2D eigenvalue weighted by molar-refractivity contribution is -0.153. The summed E-state index contributed by atoms with van der Waals surface area (Å²) in [5.74, 6) is 6.27. The number of hydrogen-bond acceptors (Lipinski definition) is 4. The average Bonchev–Trinajstić information content (AvgIpc) is 3.26. The Labute approximate surface area is 163 Å². The van der Waals surface area contributed by atoms with Crippen LogP contribution in [0.1, 0.15) is 23.6 Å². The van der Waals surface area contributed by atoms with Crippen molar-refractivity contribution in [2.75, 3.05) is 12.0 Å². The van der Waals surface area contributed by atoms with E-state index >= 15 is 0 Å². The number of ether oxygens (including phenoxy) is 1. The molecule has 0 unspecified atom stereocenters. The van der Waals surface area contributed by atoms with Crippen molar-refractivity contribution < 1.29 is 19.1 Å². The van der Waals surface area contributed by atoms with Crippen LogP contribution in [0, 0.1) is 11.8 Å². The van der Waals surface area contributed by atoms with E-state index in [1.165, 1.54) is 6.26 Å². The summed E-state index contributed by atoms with van der Waals surface area (Å²) in [6.45, 7) is 0. The monoisotopic (exact) mass is 373 g/mol. The van der Waals surface area contributed by atoms with E-state index in [4.69, 9.17) is 9.15 Å². The van der Waals surface area contributed by atoms with Gasteiger partial charge in [-0.15, -0.1) is 0 Å². The Morgan fingerprint density at radius 2 is 1.89 bits per heavy atom. The number of carbonyl (C=O) groups excluding carboxylic acids is 1. The third-order valence-corrected chi connectivity index (χ3v) is 4.87. The molecule has 3 aromatic rings. The zero-order valence-corrected chi connectivity index (χ0v) is 15.3. The highest BCUT2D eigenvalue weighted by Crippen LogP contribution is 2.48. The van der Waals surface area contributed by atoms with E-state index in [1.54, 1.807) is 48.6 Å². The topological polar surface area (TPSA) is 62.9 Å². The van der Waals surface area contributed by atoms with Gasteiger partial charge in [0.15, 0.2) is 5.60 Å². The second kappa shape index (κ2) is 7.26. The summed E-state index contributed by atoms with van der Waals surface area (Å²) in [7, 11) is 1.59. The maximum atomic E-state index is 12.9. The second-order valence-electron chi connectivity index (χ2n) is 6.60. The van der Waals surface area contributed by atoms with Gasteiger partial charge in [0.05, 0.1) is 19.6 Å². The van der Waals surface area contributed by atoms with E-state index < -0.39 is 11.6 Å². The quantitative estimate of drug-likeness (QED) is 0.561. The van der Waals surface area contributed by atoms with Crippen molar-refractivity contribution in [3.8, 4) is 17.6 Å². The van der Waals surface area contributed by atoms with Crippen molar-refractivity contribution in [2.45, 2.75) is 18.1 Å². The lowest BCUT2D eigenvalue weighted by atomic mass is 9.76. The summed E-state index contributed by atoms with van der Waals surface area (Å²) in [5.41, 5.74) is 0.632. The predicted octanol–water partition coefficient (Wildman–Crippen LogP) is 3.55. The van der Waals surface area contributed by atoms with E-state index in [0.29, 0.717) is 11.4 Å². The number of benzene rings is 2. The Bertz CT molecular complexity index is 1020. The minimum absolute atomic E-state index is 0.0310. The molecule has 0 radical (unpaired) electrons. The number of aliphatic hydroxyl groups is 1. The molecule has 2 aromatic carbocycles. The van der Waals surface area contributed by atoms with Crippen LogP contribution in [0.5, 0.6) is 5.75 Å². The smallest absolute Gasteiger partial charge is 0.263 e. The van der Waals surface area contributed by atoms with Crippen LogP contribution in [-0.4, -0.2) is 23.7 Å². The largest absolute Gasteiger partial charge is 0.497 e. The normalized spacial score (nSPS) is 20.9.